The summed E-state index contributed by atoms with van der Waals surface area (Å²) in [6, 6.07) is 8.17. The molecule has 0 aliphatic carbocycles. The Balaban J connectivity index is 2.24. The zero-order chi connectivity index (χ0) is 8.39. The van der Waals surface area contributed by atoms with Gasteiger partial charge in [0.1, 0.15) is 0 Å². The smallest absolute Gasteiger partial charge is 0.408 e. The third-order valence-corrected chi connectivity index (χ3v) is 2.02. The van der Waals surface area contributed by atoms with Crippen LogP contribution in [0.15, 0.2) is 24.3 Å². The molecule has 1 aromatic rings. The van der Waals surface area contributed by atoms with Crippen molar-refractivity contribution in [2.24, 2.45) is 0 Å². The maximum absolute atomic E-state index is 5.44. The van der Waals surface area contributed by atoms with Gasteiger partial charge < -0.3 is 9.31 Å². The first-order chi connectivity index (χ1) is 5.92. The standard InChI is InChI=1S/C9H11BO2/c1-2-11-10-9-6-4-3-5-8(9)7-12-10/h3-6H,2,7H2,1H3. The predicted octanol–water partition coefficient (Wildman–Crippen LogP) is 0.949. The SMILES string of the molecule is CCOB1OCc2ccccc21. The molecular weight excluding hydrogens is 151 g/mol. The molecule has 0 N–H and O–H groups in total. The van der Waals surface area contributed by atoms with Crippen molar-refractivity contribution in [3.63, 3.8) is 0 Å². The fourth-order valence-corrected chi connectivity index (χ4v) is 1.44. The van der Waals surface area contributed by atoms with Gasteiger partial charge in [0.05, 0.1) is 6.61 Å². The van der Waals surface area contributed by atoms with Crippen LogP contribution < -0.4 is 5.46 Å². The van der Waals surface area contributed by atoms with Crippen molar-refractivity contribution >= 4 is 12.6 Å². The number of hydrogen-bond acceptors (Lipinski definition) is 2. The van der Waals surface area contributed by atoms with E-state index in [9.17, 15) is 0 Å². The van der Waals surface area contributed by atoms with Crippen LogP contribution in [0.2, 0.25) is 0 Å². The second-order valence-corrected chi connectivity index (χ2v) is 2.80. The first-order valence-corrected chi connectivity index (χ1v) is 4.23. The quantitative estimate of drug-likeness (QED) is 0.602. The minimum atomic E-state index is -0.133. The normalized spacial score (nSPS) is 14.9. The lowest BCUT2D eigenvalue weighted by Crippen LogP contribution is -2.31. The molecular formula is C9H11BO2. The van der Waals surface area contributed by atoms with Crippen LogP contribution in [0.25, 0.3) is 0 Å². The average molecular weight is 162 g/mol. The Kier molecular flexibility index (Phi) is 2.15. The fourth-order valence-electron chi connectivity index (χ4n) is 1.44. The maximum atomic E-state index is 5.44. The Hall–Kier alpha value is -0.795. The molecule has 0 amide bonds. The molecule has 1 heterocycles. The van der Waals surface area contributed by atoms with Crippen molar-refractivity contribution in [2.45, 2.75) is 13.5 Å². The molecule has 0 saturated carbocycles. The molecule has 0 spiro atoms. The zero-order valence-electron chi connectivity index (χ0n) is 7.12. The average Bonchev–Trinajstić information content (AvgIpc) is 2.50. The number of hydrogen-bond donors (Lipinski definition) is 0. The van der Waals surface area contributed by atoms with Crippen molar-refractivity contribution in [1.82, 2.24) is 0 Å². The summed E-state index contributed by atoms with van der Waals surface area (Å²) < 4.78 is 10.8. The maximum Gasteiger partial charge on any atom is 0.494 e. The van der Waals surface area contributed by atoms with E-state index in [4.69, 9.17) is 9.31 Å². The summed E-state index contributed by atoms with van der Waals surface area (Å²) in [7, 11) is -0.133. The predicted molar refractivity (Wildman–Crippen MR) is 48.2 cm³/mol. The molecule has 3 heteroatoms. The third kappa shape index (κ3) is 1.26. The molecule has 62 valence electrons. The lowest BCUT2D eigenvalue weighted by Gasteiger charge is -2.04. The van der Waals surface area contributed by atoms with Gasteiger partial charge in [-0.15, -0.1) is 0 Å². The van der Waals surface area contributed by atoms with E-state index in [1.54, 1.807) is 0 Å². The van der Waals surface area contributed by atoms with Crippen LogP contribution in [0.3, 0.4) is 0 Å². The minimum Gasteiger partial charge on any atom is -0.408 e. The first-order valence-electron chi connectivity index (χ1n) is 4.23. The molecule has 0 aromatic heterocycles. The highest BCUT2D eigenvalue weighted by atomic mass is 16.6. The number of rotatable bonds is 2. The van der Waals surface area contributed by atoms with Crippen LogP contribution in [0, 0.1) is 0 Å². The number of benzene rings is 1. The molecule has 1 aromatic carbocycles. The van der Waals surface area contributed by atoms with Gasteiger partial charge in [-0.2, -0.15) is 0 Å². The van der Waals surface area contributed by atoms with Crippen LogP contribution in [0.5, 0.6) is 0 Å². The Morgan fingerprint density at radius 3 is 3.17 bits per heavy atom. The molecule has 12 heavy (non-hydrogen) atoms. The van der Waals surface area contributed by atoms with Gasteiger partial charge in [-0.25, -0.2) is 0 Å². The lowest BCUT2D eigenvalue weighted by atomic mass is 9.79. The van der Waals surface area contributed by atoms with Gasteiger partial charge >= 0.3 is 7.12 Å². The molecule has 0 radical (unpaired) electrons. The lowest BCUT2D eigenvalue weighted by molar-refractivity contribution is 0.220. The van der Waals surface area contributed by atoms with Gasteiger partial charge in [0.15, 0.2) is 0 Å². The second kappa shape index (κ2) is 3.29. The van der Waals surface area contributed by atoms with Gasteiger partial charge in [-0.3, -0.25) is 0 Å². The highest BCUT2D eigenvalue weighted by Crippen LogP contribution is 2.10. The highest BCUT2D eigenvalue weighted by Gasteiger charge is 2.29. The van der Waals surface area contributed by atoms with Crippen molar-refractivity contribution in [3.05, 3.63) is 29.8 Å². The zero-order valence-corrected chi connectivity index (χ0v) is 7.12. The summed E-state index contributed by atoms with van der Waals surface area (Å²) >= 11 is 0. The summed E-state index contributed by atoms with van der Waals surface area (Å²) in [5.74, 6) is 0. The molecule has 2 rings (SSSR count). The third-order valence-electron chi connectivity index (χ3n) is 2.02. The molecule has 0 saturated heterocycles. The summed E-state index contributed by atoms with van der Waals surface area (Å²) in [4.78, 5) is 0. The molecule has 0 unspecified atom stereocenters. The van der Waals surface area contributed by atoms with Gasteiger partial charge in [0.2, 0.25) is 0 Å². The molecule has 1 aliphatic rings. The Morgan fingerprint density at radius 1 is 1.50 bits per heavy atom. The van der Waals surface area contributed by atoms with E-state index in [0.717, 1.165) is 0 Å². The van der Waals surface area contributed by atoms with Gasteiger partial charge in [-0.05, 0) is 17.9 Å². The summed E-state index contributed by atoms with van der Waals surface area (Å²) in [6.45, 7) is 3.35. The molecule has 1 aliphatic heterocycles. The largest absolute Gasteiger partial charge is 0.494 e. The van der Waals surface area contributed by atoms with E-state index in [1.807, 2.05) is 19.1 Å². The van der Waals surface area contributed by atoms with E-state index in [1.165, 1.54) is 11.0 Å². The highest BCUT2D eigenvalue weighted by molar-refractivity contribution is 6.62. The molecule has 0 atom stereocenters. The minimum absolute atomic E-state index is 0.133. The van der Waals surface area contributed by atoms with E-state index >= 15 is 0 Å². The van der Waals surface area contributed by atoms with Crippen LogP contribution in [0.4, 0.5) is 0 Å². The van der Waals surface area contributed by atoms with Crippen LogP contribution in [0.1, 0.15) is 12.5 Å². The second-order valence-electron chi connectivity index (χ2n) is 2.80. The van der Waals surface area contributed by atoms with Crippen LogP contribution >= 0.6 is 0 Å². The van der Waals surface area contributed by atoms with Crippen LogP contribution in [-0.2, 0) is 15.9 Å². The van der Waals surface area contributed by atoms with Crippen molar-refractivity contribution in [1.29, 1.82) is 0 Å². The van der Waals surface area contributed by atoms with Gasteiger partial charge in [0.25, 0.3) is 0 Å². The van der Waals surface area contributed by atoms with Crippen LogP contribution in [-0.4, -0.2) is 13.7 Å². The Morgan fingerprint density at radius 2 is 2.33 bits per heavy atom. The Bertz CT molecular complexity index is 273. The summed E-state index contributed by atoms with van der Waals surface area (Å²) in [5, 5.41) is 0. The number of fused-ring (bicyclic) bond motifs is 1. The first kappa shape index (κ1) is 7.83. The van der Waals surface area contributed by atoms with E-state index in [2.05, 4.69) is 12.1 Å². The summed E-state index contributed by atoms with van der Waals surface area (Å²) in [5.41, 5.74) is 2.43. The van der Waals surface area contributed by atoms with Gasteiger partial charge in [0, 0.05) is 6.61 Å². The van der Waals surface area contributed by atoms with E-state index in [0.29, 0.717) is 13.2 Å². The molecule has 0 bridgehead atoms. The van der Waals surface area contributed by atoms with Crippen molar-refractivity contribution < 1.29 is 9.31 Å². The molecule has 0 fully saturated rings. The topological polar surface area (TPSA) is 18.5 Å². The van der Waals surface area contributed by atoms with Gasteiger partial charge in [-0.1, -0.05) is 24.3 Å². The molecule has 2 nitrogen and oxygen atoms in total. The Labute approximate surface area is 72.6 Å². The van der Waals surface area contributed by atoms with E-state index < -0.39 is 0 Å². The monoisotopic (exact) mass is 162 g/mol. The fraction of sp³-hybridized carbons (Fsp3) is 0.333. The van der Waals surface area contributed by atoms with Crippen molar-refractivity contribution in [3.8, 4) is 0 Å². The summed E-state index contributed by atoms with van der Waals surface area (Å²) in [6.07, 6.45) is 0. The van der Waals surface area contributed by atoms with E-state index in [-0.39, 0.29) is 7.12 Å². The van der Waals surface area contributed by atoms with Crippen molar-refractivity contribution in [2.75, 3.05) is 6.61 Å².